The molecule has 2 nitrogen and oxygen atoms in total. The summed E-state index contributed by atoms with van der Waals surface area (Å²) >= 11 is 5.90. The number of hydrogen-bond acceptors (Lipinski definition) is 2. The Kier molecular flexibility index (Phi) is 4.27. The summed E-state index contributed by atoms with van der Waals surface area (Å²) in [5.41, 5.74) is 2.86. The molecule has 0 unspecified atom stereocenters. The number of hydrogen-bond donors (Lipinski definition) is 1. The summed E-state index contributed by atoms with van der Waals surface area (Å²) in [6.07, 6.45) is 0. The lowest BCUT2D eigenvalue weighted by molar-refractivity contribution is 0.626. The second kappa shape index (κ2) is 5.93. The Labute approximate surface area is 117 Å². The van der Waals surface area contributed by atoms with Gasteiger partial charge in [0.2, 0.25) is 0 Å². The zero-order valence-electron chi connectivity index (χ0n) is 11.0. The van der Waals surface area contributed by atoms with E-state index in [0.717, 1.165) is 16.9 Å². The first-order chi connectivity index (χ1) is 9.08. The Morgan fingerprint density at radius 2 is 1.79 bits per heavy atom. The van der Waals surface area contributed by atoms with Crippen LogP contribution in [0.4, 0.5) is 15.8 Å². The quantitative estimate of drug-likeness (QED) is 0.903. The molecule has 100 valence electrons. The molecule has 0 aromatic heterocycles. The highest BCUT2D eigenvalue weighted by Crippen LogP contribution is 2.21. The van der Waals surface area contributed by atoms with E-state index in [4.69, 9.17) is 11.6 Å². The van der Waals surface area contributed by atoms with Gasteiger partial charge in [-0.15, -0.1) is 0 Å². The summed E-state index contributed by atoms with van der Waals surface area (Å²) < 4.78 is 13.3. The molecule has 0 spiro atoms. The minimum Gasteiger partial charge on any atom is -0.381 e. The lowest BCUT2D eigenvalue weighted by Crippen LogP contribution is -2.08. The van der Waals surface area contributed by atoms with Gasteiger partial charge >= 0.3 is 0 Å². The Hall–Kier alpha value is -1.74. The molecule has 0 atom stereocenters. The Morgan fingerprint density at radius 3 is 2.42 bits per heavy atom. The van der Waals surface area contributed by atoms with E-state index in [2.05, 4.69) is 5.32 Å². The molecule has 0 bridgehead atoms. The lowest BCUT2D eigenvalue weighted by Gasteiger charge is -2.13. The maximum absolute atomic E-state index is 13.3. The average Bonchev–Trinajstić information content (AvgIpc) is 2.41. The molecule has 0 fully saturated rings. The molecule has 0 amide bonds. The zero-order chi connectivity index (χ0) is 13.8. The predicted molar refractivity (Wildman–Crippen MR) is 79.5 cm³/mol. The second-order valence-electron chi connectivity index (χ2n) is 4.51. The molecule has 2 aromatic carbocycles. The number of halogens is 2. The topological polar surface area (TPSA) is 15.3 Å². The van der Waals surface area contributed by atoms with Crippen LogP contribution < -0.4 is 10.2 Å². The summed E-state index contributed by atoms with van der Waals surface area (Å²) in [5.74, 6) is -0.385. The van der Waals surface area contributed by atoms with Crippen molar-refractivity contribution in [2.75, 3.05) is 24.3 Å². The molecule has 4 heteroatoms. The second-order valence-corrected chi connectivity index (χ2v) is 4.89. The van der Waals surface area contributed by atoms with Gasteiger partial charge in [0.05, 0.1) is 5.02 Å². The SMILES string of the molecule is CN(C)c1ccc(NCc2cccc(F)c2Cl)cc1. The monoisotopic (exact) mass is 278 g/mol. The van der Waals surface area contributed by atoms with Crippen molar-refractivity contribution in [1.29, 1.82) is 0 Å². The van der Waals surface area contributed by atoms with Crippen LogP contribution in [0.25, 0.3) is 0 Å². The molecule has 0 aliphatic carbocycles. The molecular formula is C15H16ClFN2. The first-order valence-electron chi connectivity index (χ1n) is 6.02. The van der Waals surface area contributed by atoms with Gasteiger partial charge < -0.3 is 10.2 Å². The van der Waals surface area contributed by atoms with Crippen molar-refractivity contribution in [2.24, 2.45) is 0 Å². The van der Waals surface area contributed by atoms with E-state index in [1.807, 2.05) is 49.3 Å². The van der Waals surface area contributed by atoms with Gasteiger partial charge in [-0.1, -0.05) is 23.7 Å². The number of nitrogens with one attached hydrogen (secondary N) is 1. The van der Waals surface area contributed by atoms with Crippen molar-refractivity contribution >= 4 is 23.0 Å². The molecule has 19 heavy (non-hydrogen) atoms. The molecule has 1 N–H and O–H groups in total. The summed E-state index contributed by atoms with van der Waals surface area (Å²) in [5, 5.41) is 3.41. The van der Waals surface area contributed by atoms with Gasteiger partial charge in [-0.05, 0) is 35.9 Å². The molecule has 0 radical (unpaired) electrons. The molecule has 0 saturated heterocycles. The standard InChI is InChI=1S/C15H16ClFN2/c1-19(2)13-8-6-12(7-9-13)18-10-11-4-3-5-14(17)15(11)16/h3-9,18H,10H2,1-2H3. The summed E-state index contributed by atoms with van der Waals surface area (Å²) in [4.78, 5) is 2.03. The van der Waals surface area contributed by atoms with Crippen LogP contribution in [0.3, 0.4) is 0 Å². The van der Waals surface area contributed by atoms with E-state index < -0.39 is 0 Å². The van der Waals surface area contributed by atoms with E-state index in [1.165, 1.54) is 6.07 Å². The third kappa shape index (κ3) is 3.38. The van der Waals surface area contributed by atoms with Crippen molar-refractivity contribution in [1.82, 2.24) is 0 Å². The van der Waals surface area contributed by atoms with Crippen LogP contribution in [0.5, 0.6) is 0 Å². The zero-order valence-corrected chi connectivity index (χ0v) is 11.7. The Bertz CT molecular complexity index is 553. The maximum Gasteiger partial charge on any atom is 0.142 e. The summed E-state index contributed by atoms with van der Waals surface area (Å²) in [6, 6.07) is 12.9. The number of rotatable bonds is 4. The van der Waals surface area contributed by atoms with Crippen molar-refractivity contribution in [3.63, 3.8) is 0 Å². The fraction of sp³-hybridized carbons (Fsp3) is 0.200. The van der Waals surface area contributed by atoms with E-state index in [9.17, 15) is 4.39 Å². The van der Waals surface area contributed by atoms with Crippen molar-refractivity contribution in [3.05, 3.63) is 58.9 Å². The Morgan fingerprint density at radius 1 is 1.11 bits per heavy atom. The highest BCUT2D eigenvalue weighted by atomic mass is 35.5. The van der Waals surface area contributed by atoms with Gasteiger partial charge in [-0.25, -0.2) is 4.39 Å². The van der Waals surface area contributed by atoms with E-state index in [-0.39, 0.29) is 10.8 Å². The van der Waals surface area contributed by atoms with Crippen LogP contribution in [-0.4, -0.2) is 14.1 Å². The molecule has 0 aliphatic heterocycles. The van der Waals surface area contributed by atoms with Gasteiger partial charge in [0.15, 0.2) is 0 Å². The largest absolute Gasteiger partial charge is 0.381 e. The van der Waals surface area contributed by atoms with Crippen LogP contribution in [0.2, 0.25) is 5.02 Å². The fourth-order valence-corrected chi connectivity index (χ4v) is 1.95. The van der Waals surface area contributed by atoms with Crippen molar-refractivity contribution in [3.8, 4) is 0 Å². The molecule has 0 heterocycles. The van der Waals surface area contributed by atoms with Crippen LogP contribution >= 0.6 is 11.6 Å². The summed E-state index contributed by atoms with van der Waals surface area (Å²) in [6.45, 7) is 0.498. The summed E-state index contributed by atoms with van der Waals surface area (Å²) in [7, 11) is 3.99. The molecular weight excluding hydrogens is 263 g/mol. The first kappa shape index (κ1) is 13.7. The van der Waals surface area contributed by atoms with Gasteiger partial charge in [-0.3, -0.25) is 0 Å². The minimum absolute atomic E-state index is 0.180. The molecule has 0 saturated carbocycles. The third-order valence-electron chi connectivity index (χ3n) is 2.90. The molecule has 0 aliphatic rings. The fourth-order valence-electron chi connectivity index (χ4n) is 1.76. The van der Waals surface area contributed by atoms with Crippen molar-refractivity contribution in [2.45, 2.75) is 6.54 Å². The Balaban J connectivity index is 2.04. The minimum atomic E-state index is -0.385. The van der Waals surface area contributed by atoms with E-state index >= 15 is 0 Å². The van der Waals surface area contributed by atoms with Crippen LogP contribution in [0.15, 0.2) is 42.5 Å². The first-order valence-corrected chi connectivity index (χ1v) is 6.40. The third-order valence-corrected chi connectivity index (χ3v) is 3.32. The highest BCUT2D eigenvalue weighted by Gasteiger charge is 2.05. The van der Waals surface area contributed by atoms with Crippen LogP contribution in [0, 0.1) is 5.82 Å². The highest BCUT2D eigenvalue weighted by molar-refractivity contribution is 6.31. The molecule has 2 rings (SSSR count). The van der Waals surface area contributed by atoms with Crippen LogP contribution in [0.1, 0.15) is 5.56 Å². The number of benzene rings is 2. The van der Waals surface area contributed by atoms with Crippen LogP contribution in [-0.2, 0) is 6.54 Å². The van der Waals surface area contributed by atoms with Crippen molar-refractivity contribution < 1.29 is 4.39 Å². The van der Waals surface area contributed by atoms with E-state index in [1.54, 1.807) is 6.07 Å². The number of anilines is 2. The van der Waals surface area contributed by atoms with Gasteiger partial charge in [-0.2, -0.15) is 0 Å². The lowest BCUT2D eigenvalue weighted by atomic mass is 10.2. The van der Waals surface area contributed by atoms with Gasteiger partial charge in [0.1, 0.15) is 5.82 Å². The smallest absolute Gasteiger partial charge is 0.142 e. The van der Waals surface area contributed by atoms with Gasteiger partial charge in [0.25, 0.3) is 0 Å². The molecule has 2 aromatic rings. The van der Waals surface area contributed by atoms with Gasteiger partial charge in [0, 0.05) is 32.0 Å². The predicted octanol–water partition coefficient (Wildman–Crippen LogP) is 4.16. The number of nitrogens with zero attached hydrogens (tertiary/aromatic N) is 1. The maximum atomic E-state index is 13.3. The van der Waals surface area contributed by atoms with E-state index in [0.29, 0.717) is 6.54 Å². The average molecular weight is 279 g/mol. The normalized spacial score (nSPS) is 10.3.